The third-order valence-electron chi connectivity index (χ3n) is 3.28. The van der Waals surface area contributed by atoms with E-state index in [1.807, 2.05) is 0 Å². The van der Waals surface area contributed by atoms with Crippen LogP contribution in [0.4, 0.5) is 14.5 Å². The van der Waals surface area contributed by atoms with E-state index in [2.05, 4.69) is 14.5 Å². The van der Waals surface area contributed by atoms with Crippen LogP contribution < -0.4 is 15.2 Å². The number of hydrogen-bond acceptors (Lipinski definition) is 5. The standard InChI is InChI=1S/C14H9ClF2N2O4/c1-5-6(2-3-9-12(5)23-14(16,17)22-9)8-4-7(18)10(15)11(19-8)13(20)21/h2-4H,1H3,(H2,18,19)(H,20,21). The van der Waals surface area contributed by atoms with Crippen LogP contribution in [0, 0.1) is 6.92 Å². The Balaban J connectivity index is 2.17. The molecule has 3 rings (SSSR count). The van der Waals surface area contributed by atoms with Crippen LogP contribution in [0.1, 0.15) is 16.1 Å². The van der Waals surface area contributed by atoms with Crippen LogP contribution in [-0.2, 0) is 0 Å². The van der Waals surface area contributed by atoms with Crippen LogP contribution in [0.2, 0.25) is 5.02 Å². The summed E-state index contributed by atoms with van der Waals surface area (Å²) in [5, 5.41) is 8.92. The molecule has 0 atom stereocenters. The molecule has 0 fully saturated rings. The lowest BCUT2D eigenvalue weighted by Crippen LogP contribution is -2.26. The average Bonchev–Trinajstić information content (AvgIpc) is 2.77. The van der Waals surface area contributed by atoms with E-state index in [1.54, 1.807) is 0 Å². The zero-order valence-electron chi connectivity index (χ0n) is 11.6. The van der Waals surface area contributed by atoms with Gasteiger partial charge in [-0.3, -0.25) is 0 Å². The zero-order chi connectivity index (χ0) is 16.9. The number of carbonyl (C=O) groups is 1. The first-order valence-corrected chi connectivity index (χ1v) is 6.66. The van der Waals surface area contributed by atoms with Crippen molar-refractivity contribution in [3.8, 4) is 22.8 Å². The number of aromatic carboxylic acids is 1. The number of pyridine rings is 1. The van der Waals surface area contributed by atoms with E-state index in [9.17, 15) is 13.6 Å². The summed E-state index contributed by atoms with van der Waals surface area (Å²) < 4.78 is 35.1. The highest BCUT2D eigenvalue weighted by Gasteiger charge is 2.44. The van der Waals surface area contributed by atoms with Gasteiger partial charge in [0.25, 0.3) is 0 Å². The van der Waals surface area contributed by atoms with Gasteiger partial charge in [-0.25, -0.2) is 9.78 Å². The lowest BCUT2D eigenvalue weighted by molar-refractivity contribution is -0.286. The van der Waals surface area contributed by atoms with Crippen molar-refractivity contribution in [2.24, 2.45) is 0 Å². The fraction of sp³-hybridized carbons (Fsp3) is 0.143. The molecule has 1 aromatic carbocycles. The average molecular weight is 343 g/mol. The number of alkyl halides is 2. The SMILES string of the molecule is Cc1c(-c2cc(N)c(Cl)c(C(=O)O)n2)ccc2c1OC(F)(F)O2. The number of nitrogens with zero attached hydrogens (tertiary/aromatic N) is 1. The van der Waals surface area contributed by atoms with Gasteiger partial charge in [0.2, 0.25) is 0 Å². The summed E-state index contributed by atoms with van der Waals surface area (Å²) >= 11 is 5.81. The summed E-state index contributed by atoms with van der Waals surface area (Å²) in [5.74, 6) is -1.61. The zero-order valence-corrected chi connectivity index (χ0v) is 12.3. The normalized spacial score (nSPS) is 14.8. The Morgan fingerprint density at radius 3 is 2.74 bits per heavy atom. The number of carboxylic acids is 1. The number of rotatable bonds is 2. The summed E-state index contributed by atoms with van der Waals surface area (Å²) in [6.07, 6.45) is -3.75. The molecule has 0 spiro atoms. The largest absolute Gasteiger partial charge is 0.586 e. The summed E-state index contributed by atoms with van der Waals surface area (Å²) in [6, 6.07) is 4.10. The van der Waals surface area contributed by atoms with Crippen LogP contribution in [0.15, 0.2) is 18.2 Å². The number of anilines is 1. The summed E-state index contributed by atoms with van der Waals surface area (Å²) in [6.45, 7) is 1.52. The highest BCUT2D eigenvalue weighted by Crippen LogP contribution is 2.46. The van der Waals surface area contributed by atoms with Gasteiger partial charge in [-0.2, -0.15) is 0 Å². The summed E-state index contributed by atoms with van der Waals surface area (Å²) in [5.41, 5.74) is 6.13. The number of aromatic nitrogens is 1. The minimum Gasteiger partial charge on any atom is -0.476 e. The van der Waals surface area contributed by atoms with E-state index in [0.29, 0.717) is 11.1 Å². The molecule has 0 bridgehead atoms. The second kappa shape index (κ2) is 4.95. The predicted molar refractivity (Wildman–Crippen MR) is 77.0 cm³/mol. The highest BCUT2D eigenvalue weighted by molar-refractivity contribution is 6.35. The molecule has 120 valence electrons. The smallest absolute Gasteiger partial charge is 0.476 e. The predicted octanol–water partition coefficient (Wildman–Crippen LogP) is 3.31. The Morgan fingerprint density at radius 1 is 1.39 bits per heavy atom. The molecule has 2 heterocycles. The molecule has 0 unspecified atom stereocenters. The van der Waals surface area contributed by atoms with Crippen LogP contribution in [-0.4, -0.2) is 22.4 Å². The van der Waals surface area contributed by atoms with Crippen molar-refractivity contribution in [3.63, 3.8) is 0 Å². The summed E-state index contributed by atoms with van der Waals surface area (Å²) in [7, 11) is 0. The molecule has 1 aliphatic heterocycles. The first-order valence-electron chi connectivity index (χ1n) is 6.29. The van der Waals surface area contributed by atoms with Crippen molar-refractivity contribution >= 4 is 23.3 Å². The maximum atomic E-state index is 13.2. The van der Waals surface area contributed by atoms with Gasteiger partial charge in [0.05, 0.1) is 16.4 Å². The topological polar surface area (TPSA) is 94.7 Å². The van der Waals surface area contributed by atoms with Crippen LogP contribution >= 0.6 is 11.6 Å². The Labute approximate surface area is 133 Å². The third-order valence-corrected chi connectivity index (χ3v) is 3.68. The van der Waals surface area contributed by atoms with Crippen molar-refractivity contribution in [2.45, 2.75) is 13.2 Å². The molecule has 1 aromatic heterocycles. The monoisotopic (exact) mass is 342 g/mol. The van der Waals surface area contributed by atoms with E-state index in [0.717, 1.165) is 0 Å². The number of fused-ring (bicyclic) bond motifs is 1. The Morgan fingerprint density at radius 2 is 2.09 bits per heavy atom. The van der Waals surface area contributed by atoms with E-state index < -0.39 is 18.0 Å². The number of nitrogen functional groups attached to an aromatic ring is 1. The van der Waals surface area contributed by atoms with Gasteiger partial charge in [-0.15, -0.1) is 8.78 Å². The number of carboxylic acid groups (broad SMARTS) is 1. The Bertz CT molecular complexity index is 842. The molecule has 0 amide bonds. The van der Waals surface area contributed by atoms with Crippen molar-refractivity contribution in [1.82, 2.24) is 4.98 Å². The second-order valence-corrected chi connectivity index (χ2v) is 5.18. The first-order chi connectivity index (χ1) is 10.7. The minimum absolute atomic E-state index is 0.0106. The molecule has 0 saturated heterocycles. The lowest BCUT2D eigenvalue weighted by atomic mass is 10.0. The van der Waals surface area contributed by atoms with Crippen LogP contribution in [0.5, 0.6) is 11.5 Å². The second-order valence-electron chi connectivity index (χ2n) is 4.80. The molecule has 2 aromatic rings. The quantitative estimate of drug-likeness (QED) is 0.869. The van der Waals surface area contributed by atoms with Crippen LogP contribution in [0.25, 0.3) is 11.3 Å². The molecule has 0 saturated carbocycles. The molecule has 6 nitrogen and oxygen atoms in total. The van der Waals surface area contributed by atoms with E-state index in [4.69, 9.17) is 22.4 Å². The van der Waals surface area contributed by atoms with Gasteiger partial charge in [0.1, 0.15) is 0 Å². The van der Waals surface area contributed by atoms with E-state index >= 15 is 0 Å². The van der Waals surface area contributed by atoms with Gasteiger partial charge in [0.15, 0.2) is 17.2 Å². The van der Waals surface area contributed by atoms with Crippen molar-refractivity contribution in [1.29, 1.82) is 0 Å². The maximum absolute atomic E-state index is 13.2. The molecule has 23 heavy (non-hydrogen) atoms. The minimum atomic E-state index is -3.75. The van der Waals surface area contributed by atoms with E-state index in [-0.39, 0.29) is 27.9 Å². The molecule has 0 radical (unpaired) electrons. The van der Waals surface area contributed by atoms with Crippen LogP contribution in [0.3, 0.4) is 0 Å². The number of benzene rings is 1. The Hall–Kier alpha value is -2.61. The van der Waals surface area contributed by atoms with Gasteiger partial charge in [0, 0.05) is 11.1 Å². The van der Waals surface area contributed by atoms with Gasteiger partial charge in [-0.05, 0) is 25.1 Å². The van der Waals surface area contributed by atoms with E-state index in [1.165, 1.54) is 25.1 Å². The third kappa shape index (κ3) is 2.50. The first kappa shape index (κ1) is 15.3. The van der Waals surface area contributed by atoms with Crippen molar-refractivity contribution in [3.05, 3.63) is 34.5 Å². The number of nitrogens with two attached hydrogens (primary N) is 1. The molecular formula is C14H9ClF2N2O4. The lowest BCUT2D eigenvalue weighted by Gasteiger charge is -2.11. The summed E-state index contributed by atoms with van der Waals surface area (Å²) in [4.78, 5) is 15.1. The molecule has 1 aliphatic rings. The number of halogens is 3. The molecule has 3 N–H and O–H groups in total. The Kier molecular flexibility index (Phi) is 3.29. The van der Waals surface area contributed by atoms with Gasteiger partial charge in [-0.1, -0.05) is 11.6 Å². The number of ether oxygens (including phenoxy) is 2. The number of hydrogen-bond donors (Lipinski definition) is 2. The fourth-order valence-electron chi connectivity index (χ4n) is 2.25. The fourth-order valence-corrected chi connectivity index (χ4v) is 2.43. The van der Waals surface area contributed by atoms with Gasteiger partial charge < -0.3 is 20.3 Å². The molecule has 0 aliphatic carbocycles. The molecule has 9 heteroatoms. The highest BCUT2D eigenvalue weighted by atomic mass is 35.5. The van der Waals surface area contributed by atoms with Crippen molar-refractivity contribution in [2.75, 3.05) is 5.73 Å². The van der Waals surface area contributed by atoms with Gasteiger partial charge >= 0.3 is 12.3 Å². The molecular weight excluding hydrogens is 334 g/mol. The maximum Gasteiger partial charge on any atom is 0.586 e. The van der Waals surface area contributed by atoms with Crippen molar-refractivity contribution < 1.29 is 28.2 Å².